The molecule has 26 heavy (non-hydrogen) atoms. The standard InChI is InChI=1S/C21H23NO3S/c1-16-8-10-17(11-9-16)14-25-21(24)18-6-2-3-7-19(18)26-15-20(23)22-12-4-5-13-22/h2-3,6-11H,4-5,12-15H2,1H3. The summed E-state index contributed by atoms with van der Waals surface area (Å²) < 4.78 is 5.45. The first-order valence-corrected chi connectivity index (χ1v) is 9.84. The van der Waals surface area contributed by atoms with Gasteiger partial charge in [0, 0.05) is 18.0 Å². The minimum atomic E-state index is -0.359. The van der Waals surface area contributed by atoms with Gasteiger partial charge in [-0.3, -0.25) is 4.79 Å². The van der Waals surface area contributed by atoms with Crippen molar-refractivity contribution in [2.75, 3.05) is 18.8 Å². The van der Waals surface area contributed by atoms with E-state index in [0.29, 0.717) is 11.3 Å². The smallest absolute Gasteiger partial charge is 0.339 e. The topological polar surface area (TPSA) is 46.6 Å². The highest BCUT2D eigenvalue weighted by Crippen LogP contribution is 2.24. The highest BCUT2D eigenvalue weighted by Gasteiger charge is 2.19. The second-order valence-electron chi connectivity index (χ2n) is 6.43. The van der Waals surface area contributed by atoms with Crippen molar-refractivity contribution in [3.8, 4) is 0 Å². The van der Waals surface area contributed by atoms with Crippen molar-refractivity contribution in [2.45, 2.75) is 31.3 Å². The molecule has 0 radical (unpaired) electrons. The SMILES string of the molecule is Cc1ccc(COC(=O)c2ccccc2SCC(=O)N2CCCC2)cc1. The highest BCUT2D eigenvalue weighted by atomic mass is 32.2. The van der Waals surface area contributed by atoms with Gasteiger partial charge in [-0.05, 0) is 37.5 Å². The van der Waals surface area contributed by atoms with E-state index in [1.807, 2.05) is 54.3 Å². The number of likely N-dealkylation sites (tertiary alicyclic amines) is 1. The summed E-state index contributed by atoms with van der Waals surface area (Å²) in [6.45, 7) is 3.96. The Labute approximate surface area is 158 Å². The molecule has 0 aliphatic carbocycles. The minimum Gasteiger partial charge on any atom is -0.457 e. The summed E-state index contributed by atoms with van der Waals surface area (Å²) in [5.41, 5.74) is 2.64. The molecule has 1 aliphatic heterocycles. The molecule has 0 saturated carbocycles. The number of benzene rings is 2. The zero-order valence-corrected chi connectivity index (χ0v) is 15.8. The molecular weight excluding hydrogens is 346 g/mol. The van der Waals surface area contributed by atoms with Crippen LogP contribution in [0.3, 0.4) is 0 Å². The number of nitrogens with zero attached hydrogens (tertiary/aromatic N) is 1. The Balaban J connectivity index is 1.59. The summed E-state index contributed by atoms with van der Waals surface area (Å²) in [6, 6.07) is 15.2. The summed E-state index contributed by atoms with van der Waals surface area (Å²) in [5, 5.41) is 0. The van der Waals surface area contributed by atoms with Gasteiger partial charge in [0.2, 0.25) is 5.91 Å². The molecule has 136 valence electrons. The Kier molecular flexibility index (Phi) is 6.34. The molecule has 0 atom stereocenters. The zero-order valence-electron chi connectivity index (χ0n) is 14.9. The Morgan fingerprint density at radius 1 is 1.04 bits per heavy atom. The fraction of sp³-hybridized carbons (Fsp3) is 0.333. The fourth-order valence-corrected chi connectivity index (χ4v) is 3.81. The number of esters is 1. The zero-order chi connectivity index (χ0) is 18.4. The number of thioether (sulfide) groups is 1. The lowest BCUT2D eigenvalue weighted by Gasteiger charge is -2.15. The maximum atomic E-state index is 12.5. The van der Waals surface area contributed by atoms with Gasteiger partial charge in [-0.1, -0.05) is 42.0 Å². The van der Waals surface area contributed by atoms with Gasteiger partial charge >= 0.3 is 5.97 Å². The van der Waals surface area contributed by atoms with E-state index < -0.39 is 0 Å². The summed E-state index contributed by atoms with van der Waals surface area (Å²) in [5.74, 6) is 0.125. The Hall–Kier alpha value is -2.27. The summed E-state index contributed by atoms with van der Waals surface area (Å²) in [6.07, 6.45) is 2.16. The number of rotatable bonds is 6. The van der Waals surface area contributed by atoms with E-state index in [4.69, 9.17) is 4.74 Å². The second-order valence-corrected chi connectivity index (χ2v) is 7.45. The third-order valence-electron chi connectivity index (χ3n) is 4.41. The molecule has 1 amide bonds. The summed E-state index contributed by atoms with van der Waals surface area (Å²) in [7, 11) is 0. The van der Waals surface area contributed by atoms with Gasteiger partial charge in [-0.15, -0.1) is 11.8 Å². The van der Waals surface area contributed by atoms with Crippen molar-refractivity contribution in [1.82, 2.24) is 4.90 Å². The molecule has 2 aromatic rings. The molecule has 3 rings (SSSR count). The first-order chi connectivity index (χ1) is 12.6. The van der Waals surface area contributed by atoms with E-state index in [9.17, 15) is 9.59 Å². The molecule has 0 N–H and O–H groups in total. The molecule has 0 unspecified atom stereocenters. The lowest BCUT2D eigenvalue weighted by molar-refractivity contribution is -0.127. The van der Waals surface area contributed by atoms with Crippen LogP contribution < -0.4 is 0 Å². The average molecular weight is 369 g/mol. The van der Waals surface area contributed by atoms with E-state index in [1.165, 1.54) is 17.3 Å². The van der Waals surface area contributed by atoms with Crippen LogP contribution in [0.4, 0.5) is 0 Å². The Bertz CT molecular complexity index is 767. The maximum absolute atomic E-state index is 12.5. The number of amides is 1. The van der Waals surface area contributed by atoms with E-state index >= 15 is 0 Å². The number of aryl methyl sites for hydroxylation is 1. The van der Waals surface area contributed by atoms with Crippen LogP contribution in [0.1, 0.15) is 34.3 Å². The van der Waals surface area contributed by atoms with Crippen molar-refractivity contribution >= 4 is 23.6 Å². The van der Waals surface area contributed by atoms with Crippen molar-refractivity contribution in [2.24, 2.45) is 0 Å². The van der Waals surface area contributed by atoms with E-state index in [2.05, 4.69) is 0 Å². The molecule has 1 saturated heterocycles. The van der Waals surface area contributed by atoms with Crippen LogP contribution in [-0.4, -0.2) is 35.6 Å². The third-order valence-corrected chi connectivity index (χ3v) is 5.47. The monoisotopic (exact) mass is 369 g/mol. The molecular formula is C21H23NO3S. The lowest BCUT2D eigenvalue weighted by Crippen LogP contribution is -2.29. The molecule has 0 bridgehead atoms. The predicted molar refractivity (Wildman–Crippen MR) is 103 cm³/mol. The number of carbonyl (C=O) groups excluding carboxylic acids is 2. The number of hydrogen-bond donors (Lipinski definition) is 0. The van der Waals surface area contributed by atoms with Gasteiger partial charge in [-0.25, -0.2) is 4.79 Å². The van der Waals surface area contributed by atoms with Gasteiger partial charge in [0.25, 0.3) is 0 Å². The number of carbonyl (C=O) groups is 2. The van der Waals surface area contributed by atoms with E-state index in [0.717, 1.165) is 36.4 Å². The minimum absolute atomic E-state index is 0.135. The Morgan fingerprint density at radius 3 is 2.46 bits per heavy atom. The van der Waals surface area contributed by atoms with Gasteiger partial charge in [0.15, 0.2) is 0 Å². The normalized spacial score (nSPS) is 13.7. The molecule has 2 aromatic carbocycles. The van der Waals surface area contributed by atoms with Crippen molar-refractivity contribution < 1.29 is 14.3 Å². The van der Waals surface area contributed by atoms with E-state index in [1.54, 1.807) is 6.07 Å². The van der Waals surface area contributed by atoms with Crippen molar-refractivity contribution in [3.63, 3.8) is 0 Å². The van der Waals surface area contributed by atoms with Gasteiger partial charge in [0.05, 0.1) is 11.3 Å². The first kappa shape index (κ1) is 18.5. The number of ether oxygens (including phenoxy) is 1. The average Bonchev–Trinajstić information content (AvgIpc) is 3.20. The van der Waals surface area contributed by atoms with Crippen LogP contribution in [0.15, 0.2) is 53.4 Å². The van der Waals surface area contributed by atoms with Crippen LogP contribution in [0.25, 0.3) is 0 Å². The maximum Gasteiger partial charge on any atom is 0.339 e. The van der Waals surface area contributed by atoms with E-state index in [-0.39, 0.29) is 18.5 Å². The summed E-state index contributed by atoms with van der Waals surface area (Å²) in [4.78, 5) is 27.4. The van der Waals surface area contributed by atoms with Crippen LogP contribution in [0.5, 0.6) is 0 Å². The molecule has 1 aliphatic rings. The van der Waals surface area contributed by atoms with Gasteiger partial charge < -0.3 is 9.64 Å². The summed E-state index contributed by atoms with van der Waals surface area (Å²) >= 11 is 1.40. The second kappa shape index (κ2) is 8.90. The fourth-order valence-electron chi connectivity index (χ4n) is 2.87. The lowest BCUT2D eigenvalue weighted by atomic mass is 10.2. The third kappa shape index (κ3) is 4.88. The molecule has 0 aromatic heterocycles. The van der Waals surface area contributed by atoms with Crippen LogP contribution in [0, 0.1) is 6.92 Å². The molecule has 5 heteroatoms. The quantitative estimate of drug-likeness (QED) is 0.569. The predicted octanol–water partition coefficient (Wildman–Crippen LogP) is 4.07. The van der Waals surface area contributed by atoms with Crippen molar-refractivity contribution in [1.29, 1.82) is 0 Å². The van der Waals surface area contributed by atoms with Gasteiger partial charge in [-0.2, -0.15) is 0 Å². The van der Waals surface area contributed by atoms with Gasteiger partial charge in [0.1, 0.15) is 6.61 Å². The van der Waals surface area contributed by atoms with Crippen molar-refractivity contribution in [3.05, 3.63) is 65.2 Å². The molecule has 1 heterocycles. The number of hydrogen-bond acceptors (Lipinski definition) is 4. The Morgan fingerprint density at radius 2 is 1.73 bits per heavy atom. The van der Waals surface area contributed by atoms with Crippen LogP contribution in [-0.2, 0) is 16.1 Å². The van der Waals surface area contributed by atoms with Crippen LogP contribution in [0.2, 0.25) is 0 Å². The molecule has 1 fully saturated rings. The first-order valence-electron chi connectivity index (χ1n) is 8.86. The molecule has 4 nitrogen and oxygen atoms in total. The largest absolute Gasteiger partial charge is 0.457 e. The molecule has 0 spiro atoms. The highest BCUT2D eigenvalue weighted by molar-refractivity contribution is 8.00. The van der Waals surface area contributed by atoms with Crippen LogP contribution >= 0.6 is 11.8 Å².